The van der Waals surface area contributed by atoms with E-state index in [0.717, 1.165) is 0 Å². The van der Waals surface area contributed by atoms with Crippen LogP contribution in [0.1, 0.15) is 24.1 Å². The third-order valence-corrected chi connectivity index (χ3v) is 3.22. The van der Waals surface area contributed by atoms with Crippen molar-refractivity contribution in [3.63, 3.8) is 0 Å². The molecule has 1 aromatic rings. The third-order valence-electron chi connectivity index (χ3n) is 1.40. The molecule has 0 spiro atoms. The van der Waals surface area contributed by atoms with Crippen molar-refractivity contribution in [2.24, 2.45) is 5.92 Å². The Morgan fingerprint density at radius 3 is 2.60 bits per heavy atom. The van der Waals surface area contributed by atoms with Gasteiger partial charge in [0.25, 0.3) is 0 Å². The van der Waals surface area contributed by atoms with Crippen molar-refractivity contribution in [3.05, 3.63) is 22.4 Å². The number of hydrogen-bond acceptors (Lipinski definition) is 1. The highest BCUT2D eigenvalue weighted by Gasteiger charge is 2.11. The zero-order valence-electron chi connectivity index (χ0n) is 6.17. The summed E-state index contributed by atoms with van der Waals surface area (Å²) in [5.41, 5.74) is 0. The van der Waals surface area contributed by atoms with E-state index in [1.54, 1.807) is 11.3 Å². The average molecular weight is 175 g/mol. The van der Waals surface area contributed by atoms with Crippen molar-refractivity contribution >= 4 is 22.9 Å². The Kier molecular flexibility index (Phi) is 2.75. The quantitative estimate of drug-likeness (QED) is 0.600. The lowest BCUT2D eigenvalue weighted by Crippen LogP contribution is -1.95. The number of rotatable bonds is 2. The molecule has 0 bridgehead atoms. The summed E-state index contributed by atoms with van der Waals surface area (Å²) < 4.78 is 0. The van der Waals surface area contributed by atoms with Gasteiger partial charge in [-0.25, -0.2) is 0 Å². The summed E-state index contributed by atoms with van der Waals surface area (Å²) in [5, 5.41) is 2.26. The first-order chi connectivity index (χ1) is 4.72. The summed E-state index contributed by atoms with van der Waals surface area (Å²) in [6.07, 6.45) is 0. The Morgan fingerprint density at radius 1 is 1.50 bits per heavy atom. The second-order valence-corrected chi connectivity index (χ2v) is 4.11. The first-order valence-corrected chi connectivity index (χ1v) is 4.71. The van der Waals surface area contributed by atoms with Crippen LogP contribution in [-0.2, 0) is 0 Å². The molecule has 0 saturated carbocycles. The highest BCUT2D eigenvalue weighted by atomic mass is 35.5. The van der Waals surface area contributed by atoms with E-state index >= 15 is 0 Å². The van der Waals surface area contributed by atoms with Gasteiger partial charge in [0.15, 0.2) is 0 Å². The molecule has 0 aliphatic rings. The summed E-state index contributed by atoms with van der Waals surface area (Å²) in [7, 11) is 0. The average Bonchev–Trinajstić information content (AvgIpc) is 2.36. The summed E-state index contributed by atoms with van der Waals surface area (Å²) in [4.78, 5) is 1.27. The van der Waals surface area contributed by atoms with Gasteiger partial charge in [-0.05, 0) is 17.4 Å². The third kappa shape index (κ3) is 1.74. The van der Waals surface area contributed by atoms with Crippen LogP contribution in [0.15, 0.2) is 17.5 Å². The molecule has 1 unspecified atom stereocenters. The highest BCUT2D eigenvalue weighted by molar-refractivity contribution is 7.10. The molecule has 56 valence electrons. The van der Waals surface area contributed by atoms with Crippen molar-refractivity contribution in [1.29, 1.82) is 0 Å². The van der Waals surface area contributed by atoms with E-state index in [1.165, 1.54) is 4.88 Å². The van der Waals surface area contributed by atoms with Crippen molar-refractivity contribution < 1.29 is 0 Å². The maximum Gasteiger partial charge on any atom is 0.0701 e. The Morgan fingerprint density at radius 2 is 2.20 bits per heavy atom. The second-order valence-electron chi connectivity index (χ2n) is 2.66. The standard InChI is InChI=1S/C8H11ClS/c1-6(2)8(9)7-4-3-5-10-7/h3-6,8H,1-2H3. The molecule has 10 heavy (non-hydrogen) atoms. The normalized spacial score (nSPS) is 14.0. The van der Waals surface area contributed by atoms with Gasteiger partial charge in [0.2, 0.25) is 0 Å². The monoisotopic (exact) mass is 174 g/mol. The Bertz CT molecular complexity index is 179. The molecule has 1 aromatic heterocycles. The molecule has 0 aliphatic heterocycles. The molecule has 0 fully saturated rings. The van der Waals surface area contributed by atoms with E-state index in [0.29, 0.717) is 5.92 Å². The minimum absolute atomic E-state index is 0.194. The zero-order valence-corrected chi connectivity index (χ0v) is 7.75. The van der Waals surface area contributed by atoms with E-state index in [-0.39, 0.29) is 5.38 Å². The largest absolute Gasteiger partial charge is 0.147 e. The molecule has 0 amide bonds. The first kappa shape index (κ1) is 8.09. The van der Waals surface area contributed by atoms with E-state index in [1.807, 2.05) is 6.07 Å². The predicted molar refractivity (Wildman–Crippen MR) is 47.8 cm³/mol. The minimum atomic E-state index is 0.194. The predicted octanol–water partition coefficient (Wildman–Crippen LogP) is 3.68. The van der Waals surface area contributed by atoms with Gasteiger partial charge in [-0.3, -0.25) is 0 Å². The molecule has 0 nitrogen and oxygen atoms in total. The van der Waals surface area contributed by atoms with Crippen LogP contribution >= 0.6 is 22.9 Å². The van der Waals surface area contributed by atoms with Gasteiger partial charge in [0.05, 0.1) is 5.38 Å². The number of thiophene rings is 1. The van der Waals surface area contributed by atoms with Gasteiger partial charge in [-0.15, -0.1) is 22.9 Å². The van der Waals surface area contributed by atoms with Crippen LogP contribution in [0.2, 0.25) is 0 Å². The van der Waals surface area contributed by atoms with E-state index in [4.69, 9.17) is 11.6 Å². The van der Waals surface area contributed by atoms with Crippen LogP contribution < -0.4 is 0 Å². The molecule has 0 aromatic carbocycles. The molecule has 2 heteroatoms. The molecule has 1 atom stereocenters. The lowest BCUT2D eigenvalue weighted by Gasteiger charge is -2.09. The molecular weight excluding hydrogens is 164 g/mol. The lowest BCUT2D eigenvalue weighted by atomic mass is 10.1. The van der Waals surface area contributed by atoms with E-state index in [2.05, 4.69) is 25.3 Å². The second kappa shape index (κ2) is 3.40. The first-order valence-electron chi connectivity index (χ1n) is 3.39. The van der Waals surface area contributed by atoms with Crippen LogP contribution in [0.3, 0.4) is 0 Å². The summed E-state index contributed by atoms with van der Waals surface area (Å²) >= 11 is 7.82. The molecule has 0 radical (unpaired) electrons. The Balaban J connectivity index is 2.68. The molecule has 1 heterocycles. The fourth-order valence-corrected chi connectivity index (χ4v) is 1.88. The minimum Gasteiger partial charge on any atom is -0.147 e. The van der Waals surface area contributed by atoms with Gasteiger partial charge in [-0.1, -0.05) is 19.9 Å². The maximum atomic E-state index is 6.09. The van der Waals surface area contributed by atoms with Crippen molar-refractivity contribution in [2.75, 3.05) is 0 Å². The van der Waals surface area contributed by atoms with Gasteiger partial charge in [0, 0.05) is 4.88 Å². The van der Waals surface area contributed by atoms with Crippen LogP contribution in [-0.4, -0.2) is 0 Å². The van der Waals surface area contributed by atoms with Gasteiger partial charge in [-0.2, -0.15) is 0 Å². The van der Waals surface area contributed by atoms with Gasteiger partial charge < -0.3 is 0 Å². The number of hydrogen-bond donors (Lipinski definition) is 0. The smallest absolute Gasteiger partial charge is 0.0701 e. The fraction of sp³-hybridized carbons (Fsp3) is 0.500. The van der Waals surface area contributed by atoms with Crippen LogP contribution in [0.5, 0.6) is 0 Å². The number of alkyl halides is 1. The topological polar surface area (TPSA) is 0 Å². The SMILES string of the molecule is CC(C)C(Cl)c1cccs1. The summed E-state index contributed by atoms with van der Waals surface area (Å²) in [6.45, 7) is 4.27. The molecule has 0 saturated heterocycles. The zero-order chi connectivity index (χ0) is 7.56. The van der Waals surface area contributed by atoms with E-state index < -0.39 is 0 Å². The molecule has 0 N–H and O–H groups in total. The van der Waals surface area contributed by atoms with Crippen LogP contribution in [0.25, 0.3) is 0 Å². The lowest BCUT2D eigenvalue weighted by molar-refractivity contribution is 0.631. The Labute approximate surface area is 70.8 Å². The van der Waals surface area contributed by atoms with Gasteiger partial charge >= 0.3 is 0 Å². The Hall–Kier alpha value is -0.0100. The highest BCUT2D eigenvalue weighted by Crippen LogP contribution is 2.31. The van der Waals surface area contributed by atoms with Crippen molar-refractivity contribution in [3.8, 4) is 0 Å². The fourth-order valence-electron chi connectivity index (χ4n) is 0.777. The summed E-state index contributed by atoms with van der Waals surface area (Å²) in [5.74, 6) is 0.528. The molecule has 1 rings (SSSR count). The van der Waals surface area contributed by atoms with Crippen LogP contribution in [0, 0.1) is 5.92 Å². The van der Waals surface area contributed by atoms with Crippen molar-refractivity contribution in [2.45, 2.75) is 19.2 Å². The number of halogens is 1. The molecular formula is C8H11ClS. The van der Waals surface area contributed by atoms with E-state index in [9.17, 15) is 0 Å². The molecule has 0 aliphatic carbocycles. The summed E-state index contributed by atoms with van der Waals surface area (Å²) in [6, 6.07) is 4.13. The van der Waals surface area contributed by atoms with Crippen molar-refractivity contribution in [1.82, 2.24) is 0 Å². The maximum absolute atomic E-state index is 6.09. The van der Waals surface area contributed by atoms with Crippen LogP contribution in [0.4, 0.5) is 0 Å². The van der Waals surface area contributed by atoms with Gasteiger partial charge in [0.1, 0.15) is 0 Å².